The molecule has 0 saturated carbocycles. The summed E-state index contributed by atoms with van der Waals surface area (Å²) in [6.07, 6.45) is 0. The Labute approximate surface area is 133 Å². The van der Waals surface area contributed by atoms with E-state index in [2.05, 4.69) is 35.0 Å². The number of rotatable bonds is 3. The Kier molecular flexibility index (Phi) is 5.15. The molecule has 0 spiro atoms. The number of aryl methyl sites for hydroxylation is 1. The van der Waals surface area contributed by atoms with Gasteiger partial charge in [-0.05, 0) is 44.5 Å². The summed E-state index contributed by atoms with van der Waals surface area (Å²) in [5.74, 6) is 0.673. The lowest BCUT2D eigenvalue weighted by Gasteiger charge is -2.38. The zero-order valence-electron chi connectivity index (χ0n) is 12.1. The highest BCUT2D eigenvalue weighted by Gasteiger charge is 2.29. The van der Waals surface area contributed by atoms with E-state index in [-0.39, 0.29) is 11.5 Å². The van der Waals surface area contributed by atoms with E-state index < -0.39 is 0 Å². The number of carbonyl (C=O) groups excluding carboxylic acids is 1. The third kappa shape index (κ3) is 4.24. The van der Waals surface area contributed by atoms with E-state index in [4.69, 9.17) is 4.74 Å². The Morgan fingerprint density at radius 3 is 2.90 bits per heavy atom. The number of morpholine rings is 1. The number of thioether (sulfide) groups is 1. The maximum atomic E-state index is 12.3. The minimum atomic E-state index is -0.230. The van der Waals surface area contributed by atoms with Crippen molar-refractivity contribution in [3.8, 4) is 0 Å². The normalized spacial score (nSPS) is 18.1. The van der Waals surface area contributed by atoms with Crippen LogP contribution < -0.4 is 0 Å². The lowest BCUT2D eigenvalue weighted by molar-refractivity contribution is -0.143. The summed E-state index contributed by atoms with van der Waals surface area (Å²) in [5, 5.41) is 0. The van der Waals surface area contributed by atoms with Gasteiger partial charge in [0.05, 0.1) is 18.0 Å². The Morgan fingerprint density at radius 2 is 2.25 bits per heavy atom. The van der Waals surface area contributed by atoms with E-state index in [0.29, 0.717) is 25.4 Å². The number of carbonyl (C=O) groups is 1. The van der Waals surface area contributed by atoms with Crippen molar-refractivity contribution in [2.45, 2.75) is 31.3 Å². The molecule has 0 N–H and O–H groups in total. The third-order valence-corrected chi connectivity index (χ3v) is 4.92. The number of hydrogen-bond acceptors (Lipinski definition) is 3. The highest BCUT2D eigenvalue weighted by molar-refractivity contribution is 9.10. The molecule has 110 valence electrons. The van der Waals surface area contributed by atoms with Crippen LogP contribution in [0.2, 0.25) is 0 Å². The topological polar surface area (TPSA) is 29.5 Å². The zero-order valence-corrected chi connectivity index (χ0v) is 14.5. The summed E-state index contributed by atoms with van der Waals surface area (Å²) < 4.78 is 6.70. The van der Waals surface area contributed by atoms with Crippen LogP contribution in [0.5, 0.6) is 0 Å². The van der Waals surface area contributed by atoms with Gasteiger partial charge in [-0.15, -0.1) is 11.8 Å². The molecule has 3 nitrogen and oxygen atoms in total. The van der Waals surface area contributed by atoms with Crippen LogP contribution in [0.15, 0.2) is 27.6 Å². The molecule has 1 saturated heterocycles. The van der Waals surface area contributed by atoms with Gasteiger partial charge in [-0.3, -0.25) is 4.79 Å². The smallest absolute Gasteiger partial charge is 0.233 e. The molecule has 0 atom stereocenters. The van der Waals surface area contributed by atoms with E-state index in [1.807, 2.05) is 24.8 Å². The molecule has 1 aliphatic rings. The van der Waals surface area contributed by atoms with E-state index >= 15 is 0 Å². The van der Waals surface area contributed by atoms with Crippen LogP contribution in [0.3, 0.4) is 0 Å². The quantitative estimate of drug-likeness (QED) is 0.775. The Balaban J connectivity index is 1.92. The van der Waals surface area contributed by atoms with Crippen LogP contribution in [0, 0.1) is 6.92 Å². The second kappa shape index (κ2) is 6.50. The van der Waals surface area contributed by atoms with Gasteiger partial charge in [-0.2, -0.15) is 0 Å². The summed E-state index contributed by atoms with van der Waals surface area (Å²) in [5.41, 5.74) is 0.964. The van der Waals surface area contributed by atoms with Gasteiger partial charge in [0.25, 0.3) is 0 Å². The second-order valence-corrected chi connectivity index (χ2v) is 7.55. The van der Waals surface area contributed by atoms with Crippen molar-refractivity contribution in [1.82, 2.24) is 4.90 Å². The van der Waals surface area contributed by atoms with Gasteiger partial charge in [0, 0.05) is 22.5 Å². The molecule has 2 rings (SSSR count). The minimum absolute atomic E-state index is 0.189. The Bertz CT molecular complexity index is 505. The molecule has 1 aromatic rings. The van der Waals surface area contributed by atoms with Gasteiger partial charge in [-0.1, -0.05) is 15.9 Å². The molecule has 1 aromatic carbocycles. The zero-order chi connectivity index (χ0) is 14.8. The van der Waals surface area contributed by atoms with Gasteiger partial charge in [0.1, 0.15) is 0 Å². The first kappa shape index (κ1) is 15.9. The lowest BCUT2D eigenvalue weighted by Crippen LogP contribution is -2.51. The molecule has 5 heteroatoms. The fourth-order valence-electron chi connectivity index (χ4n) is 2.23. The fourth-order valence-corrected chi connectivity index (χ4v) is 3.62. The molecule has 1 heterocycles. The average Bonchev–Trinajstić information content (AvgIpc) is 2.36. The van der Waals surface area contributed by atoms with Gasteiger partial charge in [0.15, 0.2) is 0 Å². The van der Waals surface area contributed by atoms with Crippen molar-refractivity contribution in [1.29, 1.82) is 0 Å². The first-order valence-electron chi connectivity index (χ1n) is 6.68. The summed E-state index contributed by atoms with van der Waals surface area (Å²) >= 11 is 5.06. The van der Waals surface area contributed by atoms with Crippen molar-refractivity contribution in [2.24, 2.45) is 0 Å². The van der Waals surface area contributed by atoms with Crippen molar-refractivity contribution < 1.29 is 9.53 Å². The van der Waals surface area contributed by atoms with Crippen LogP contribution in [-0.2, 0) is 9.53 Å². The standard InChI is InChI=1S/C15H20BrNO2S/c1-11-8-12(16)4-5-13(11)20-9-14(18)17-6-7-19-15(2,3)10-17/h4-5,8H,6-7,9-10H2,1-3H3. The first-order valence-corrected chi connectivity index (χ1v) is 8.46. The SMILES string of the molecule is Cc1cc(Br)ccc1SCC(=O)N1CCOC(C)(C)C1. The number of amides is 1. The highest BCUT2D eigenvalue weighted by atomic mass is 79.9. The third-order valence-electron chi connectivity index (χ3n) is 3.27. The van der Waals surface area contributed by atoms with Crippen LogP contribution in [0.1, 0.15) is 19.4 Å². The van der Waals surface area contributed by atoms with E-state index in [1.54, 1.807) is 11.8 Å². The van der Waals surface area contributed by atoms with Gasteiger partial charge < -0.3 is 9.64 Å². The lowest BCUT2D eigenvalue weighted by atomic mass is 10.1. The molecule has 0 unspecified atom stereocenters. The Hall–Kier alpha value is -0.520. The number of hydrogen-bond donors (Lipinski definition) is 0. The van der Waals surface area contributed by atoms with Crippen molar-refractivity contribution in [2.75, 3.05) is 25.4 Å². The summed E-state index contributed by atoms with van der Waals surface area (Å²) in [6.45, 7) is 8.11. The molecule has 0 aliphatic carbocycles. The summed E-state index contributed by atoms with van der Waals surface area (Å²) in [6, 6.07) is 6.14. The molecule has 1 fully saturated rings. The van der Waals surface area contributed by atoms with Gasteiger partial charge >= 0.3 is 0 Å². The van der Waals surface area contributed by atoms with Crippen LogP contribution >= 0.6 is 27.7 Å². The van der Waals surface area contributed by atoms with E-state index in [0.717, 1.165) is 9.37 Å². The molecule has 0 bridgehead atoms. The number of halogens is 1. The molecular formula is C15H20BrNO2S. The fraction of sp³-hybridized carbons (Fsp3) is 0.533. The van der Waals surface area contributed by atoms with Gasteiger partial charge in [0.2, 0.25) is 5.91 Å². The molecule has 20 heavy (non-hydrogen) atoms. The van der Waals surface area contributed by atoms with Crippen molar-refractivity contribution >= 4 is 33.6 Å². The minimum Gasteiger partial charge on any atom is -0.372 e. The predicted molar refractivity (Wildman–Crippen MR) is 86.2 cm³/mol. The maximum Gasteiger partial charge on any atom is 0.233 e. The predicted octanol–water partition coefficient (Wildman–Crippen LogP) is 3.49. The molecule has 1 amide bonds. The van der Waals surface area contributed by atoms with Gasteiger partial charge in [-0.25, -0.2) is 0 Å². The number of nitrogens with zero attached hydrogens (tertiary/aromatic N) is 1. The molecule has 0 radical (unpaired) electrons. The van der Waals surface area contributed by atoms with Crippen molar-refractivity contribution in [3.63, 3.8) is 0 Å². The monoisotopic (exact) mass is 357 g/mol. The molecular weight excluding hydrogens is 338 g/mol. The van der Waals surface area contributed by atoms with E-state index in [1.165, 1.54) is 5.56 Å². The highest BCUT2D eigenvalue weighted by Crippen LogP contribution is 2.26. The maximum absolute atomic E-state index is 12.3. The van der Waals surface area contributed by atoms with E-state index in [9.17, 15) is 4.79 Å². The molecule has 1 aliphatic heterocycles. The second-order valence-electron chi connectivity index (χ2n) is 5.62. The van der Waals surface area contributed by atoms with Crippen LogP contribution in [0.25, 0.3) is 0 Å². The first-order chi connectivity index (χ1) is 9.37. The van der Waals surface area contributed by atoms with Crippen LogP contribution in [-0.4, -0.2) is 41.9 Å². The summed E-state index contributed by atoms with van der Waals surface area (Å²) in [7, 11) is 0. The number of ether oxygens (including phenoxy) is 1. The number of benzene rings is 1. The average molecular weight is 358 g/mol. The Morgan fingerprint density at radius 1 is 1.50 bits per heavy atom. The van der Waals surface area contributed by atoms with Crippen molar-refractivity contribution in [3.05, 3.63) is 28.2 Å². The molecule has 0 aromatic heterocycles. The summed E-state index contributed by atoms with van der Waals surface area (Å²) in [4.78, 5) is 15.3. The largest absolute Gasteiger partial charge is 0.372 e. The van der Waals surface area contributed by atoms with Crippen LogP contribution in [0.4, 0.5) is 0 Å².